The fourth-order valence-corrected chi connectivity index (χ4v) is 2.42. The molecule has 0 aliphatic rings. The number of hydrogen-bond acceptors (Lipinski definition) is 3. The average molecular weight is 479 g/mol. The summed E-state index contributed by atoms with van der Waals surface area (Å²) in [7, 11) is 0. The van der Waals surface area contributed by atoms with Gasteiger partial charge in [0.05, 0.1) is 27.7 Å². The Labute approximate surface area is 163 Å². The lowest BCUT2D eigenvalue weighted by Gasteiger charge is -2.17. The summed E-state index contributed by atoms with van der Waals surface area (Å²) >= 11 is 8.37. The Morgan fingerprint density at radius 3 is 2.19 bits per heavy atom. The second-order valence-electron chi connectivity index (χ2n) is 5.32. The van der Waals surface area contributed by atoms with E-state index in [0.717, 1.165) is 6.07 Å². The highest BCUT2D eigenvalue weighted by molar-refractivity contribution is 9.10. The predicted molar refractivity (Wildman–Crippen MR) is 90.8 cm³/mol. The molecular weight excluding hydrogens is 468 g/mol. The standard InChI is InChI=1S/C16H11BrClF6NO2/c17-9-3-13(25-6-8(26)5-18)14(4-10(9)19)27-15-11(20)1-7(2-12(15)21)16(22,23)24/h1-4,8,25-26H,5-6H2. The number of aliphatic hydroxyl groups excluding tert-OH is 1. The van der Waals surface area contributed by atoms with Crippen LogP contribution < -0.4 is 10.1 Å². The van der Waals surface area contributed by atoms with E-state index in [-0.39, 0.29) is 34.7 Å². The van der Waals surface area contributed by atoms with Crippen molar-refractivity contribution < 1.29 is 36.2 Å². The number of anilines is 1. The molecule has 0 fully saturated rings. The lowest BCUT2D eigenvalue weighted by atomic mass is 10.2. The highest BCUT2D eigenvalue weighted by Crippen LogP contribution is 2.38. The van der Waals surface area contributed by atoms with E-state index in [1.165, 1.54) is 6.07 Å². The summed E-state index contributed by atoms with van der Waals surface area (Å²) in [6.07, 6.45) is -5.93. The van der Waals surface area contributed by atoms with Gasteiger partial charge in [-0.15, -0.1) is 11.6 Å². The molecule has 0 bridgehead atoms. The number of hydrogen-bond donors (Lipinski definition) is 2. The average Bonchev–Trinajstić information content (AvgIpc) is 2.58. The molecule has 1 atom stereocenters. The van der Waals surface area contributed by atoms with Crippen LogP contribution in [0.5, 0.6) is 11.5 Å². The molecule has 2 rings (SSSR count). The van der Waals surface area contributed by atoms with E-state index in [2.05, 4.69) is 21.2 Å². The Bertz CT molecular complexity index is 810. The van der Waals surface area contributed by atoms with Crippen LogP contribution in [0.4, 0.5) is 32.0 Å². The molecule has 3 nitrogen and oxygen atoms in total. The normalized spacial score (nSPS) is 12.8. The molecule has 0 saturated heterocycles. The van der Waals surface area contributed by atoms with Crippen molar-refractivity contribution in [3.8, 4) is 11.5 Å². The molecule has 0 aliphatic heterocycles. The number of ether oxygens (including phenoxy) is 1. The van der Waals surface area contributed by atoms with E-state index in [0.29, 0.717) is 0 Å². The summed E-state index contributed by atoms with van der Waals surface area (Å²) in [6, 6.07) is 2.08. The van der Waals surface area contributed by atoms with Crippen molar-refractivity contribution >= 4 is 33.2 Å². The number of alkyl halides is 4. The second kappa shape index (κ2) is 8.57. The maximum absolute atomic E-state index is 14.0. The van der Waals surface area contributed by atoms with Crippen molar-refractivity contribution in [3.05, 3.63) is 51.8 Å². The van der Waals surface area contributed by atoms with Crippen LogP contribution in [0.25, 0.3) is 0 Å². The molecule has 0 saturated carbocycles. The third-order valence-corrected chi connectivity index (χ3v) is 4.23. The molecule has 2 aromatic rings. The smallest absolute Gasteiger partial charge is 0.416 e. The van der Waals surface area contributed by atoms with Crippen LogP contribution >= 0.6 is 27.5 Å². The number of benzene rings is 2. The molecule has 1 unspecified atom stereocenters. The molecule has 0 aromatic heterocycles. The third kappa shape index (κ3) is 5.43. The first-order chi connectivity index (χ1) is 12.5. The van der Waals surface area contributed by atoms with Gasteiger partial charge in [0.25, 0.3) is 0 Å². The zero-order valence-corrected chi connectivity index (χ0v) is 15.5. The lowest BCUT2D eigenvalue weighted by Crippen LogP contribution is -2.21. The van der Waals surface area contributed by atoms with Crippen molar-refractivity contribution in [1.29, 1.82) is 0 Å². The number of rotatable bonds is 6. The molecule has 0 amide bonds. The molecule has 0 aliphatic carbocycles. The van der Waals surface area contributed by atoms with Gasteiger partial charge in [-0.1, -0.05) is 0 Å². The summed E-state index contributed by atoms with van der Waals surface area (Å²) in [5.41, 5.74) is -1.51. The van der Waals surface area contributed by atoms with Gasteiger partial charge >= 0.3 is 6.18 Å². The summed E-state index contributed by atoms with van der Waals surface area (Å²) < 4.78 is 84.5. The topological polar surface area (TPSA) is 41.5 Å². The van der Waals surface area contributed by atoms with Crippen molar-refractivity contribution in [1.82, 2.24) is 0 Å². The van der Waals surface area contributed by atoms with Gasteiger partial charge in [0.1, 0.15) is 5.82 Å². The monoisotopic (exact) mass is 477 g/mol. The number of nitrogens with one attached hydrogen (secondary N) is 1. The SMILES string of the molecule is OC(CCl)CNc1cc(Br)c(F)cc1Oc1c(F)cc(C(F)(F)F)cc1F. The minimum Gasteiger partial charge on any atom is -0.449 e. The van der Waals surface area contributed by atoms with Gasteiger partial charge in [-0.25, -0.2) is 13.2 Å². The highest BCUT2D eigenvalue weighted by atomic mass is 79.9. The first-order valence-corrected chi connectivity index (χ1v) is 8.56. The third-order valence-electron chi connectivity index (χ3n) is 3.27. The number of halogens is 8. The number of aliphatic hydroxyl groups is 1. The van der Waals surface area contributed by atoms with Gasteiger partial charge in [-0.3, -0.25) is 0 Å². The molecular formula is C16H11BrClF6NO2. The van der Waals surface area contributed by atoms with Gasteiger partial charge < -0.3 is 15.2 Å². The largest absolute Gasteiger partial charge is 0.449 e. The quantitative estimate of drug-likeness (QED) is 0.414. The summed E-state index contributed by atoms with van der Waals surface area (Å²) in [5, 5.41) is 12.1. The molecule has 0 heterocycles. The van der Waals surface area contributed by atoms with Gasteiger partial charge in [-0.05, 0) is 34.1 Å². The minimum absolute atomic E-state index is 0.0196. The van der Waals surface area contributed by atoms with Crippen molar-refractivity contribution in [3.63, 3.8) is 0 Å². The highest BCUT2D eigenvalue weighted by Gasteiger charge is 2.33. The van der Waals surface area contributed by atoms with Crippen molar-refractivity contribution in [2.45, 2.75) is 12.3 Å². The van der Waals surface area contributed by atoms with Crippen LogP contribution in [0.2, 0.25) is 0 Å². The lowest BCUT2D eigenvalue weighted by molar-refractivity contribution is -0.138. The molecule has 0 radical (unpaired) electrons. The van der Waals surface area contributed by atoms with E-state index in [1.807, 2.05) is 0 Å². The molecule has 0 spiro atoms. The van der Waals surface area contributed by atoms with Gasteiger partial charge in [0.2, 0.25) is 0 Å². The van der Waals surface area contributed by atoms with Crippen LogP contribution in [-0.4, -0.2) is 23.6 Å². The molecule has 2 N–H and O–H groups in total. The van der Waals surface area contributed by atoms with Gasteiger partial charge in [-0.2, -0.15) is 13.2 Å². The van der Waals surface area contributed by atoms with Crippen molar-refractivity contribution in [2.24, 2.45) is 0 Å². The van der Waals surface area contributed by atoms with Gasteiger partial charge in [0, 0.05) is 12.6 Å². The molecule has 2 aromatic carbocycles. The van der Waals surface area contributed by atoms with E-state index in [1.54, 1.807) is 0 Å². The van der Waals surface area contributed by atoms with Gasteiger partial charge in [0.15, 0.2) is 23.1 Å². The van der Waals surface area contributed by atoms with E-state index in [4.69, 9.17) is 16.3 Å². The first-order valence-electron chi connectivity index (χ1n) is 7.24. The molecule has 11 heteroatoms. The van der Waals surface area contributed by atoms with Crippen molar-refractivity contribution in [2.75, 3.05) is 17.7 Å². The maximum Gasteiger partial charge on any atom is 0.416 e. The van der Waals surface area contributed by atoms with Crippen LogP contribution in [0.1, 0.15) is 5.56 Å². The van der Waals surface area contributed by atoms with Crippen LogP contribution in [0.3, 0.4) is 0 Å². The predicted octanol–water partition coefficient (Wildman–Crippen LogP) is 5.69. The van der Waals surface area contributed by atoms with Crippen LogP contribution in [0.15, 0.2) is 28.7 Å². The Morgan fingerprint density at radius 2 is 1.67 bits per heavy atom. The second-order valence-corrected chi connectivity index (χ2v) is 6.48. The summed E-state index contributed by atoms with van der Waals surface area (Å²) in [5.74, 6) is -5.73. The Morgan fingerprint density at radius 1 is 1.07 bits per heavy atom. The zero-order chi connectivity index (χ0) is 20.4. The zero-order valence-electron chi connectivity index (χ0n) is 13.2. The van der Waals surface area contributed by atoms with Crippen LogP contribution in [-0.2, 0) is 6.18 Å². The summed E-state index contributed by atoms with van der Waals surface area (Å²) in [6.45, 7) is -0.101. The Kier molecular flexibility index (Phi) is 6.87. The first kappa shape index (κ1) is 21.6. The minimum atomic E-state index is -4.95. The fourth-order valence-electron chi connectivity index (χ4n) is 1.96. The Hall–Kier alpha value is -1.65. The van der Waals surface area contributed by atoms with Crippen LogP contribution in [0, 0.1) is 17.5 Å². The fraction of sp³-hybridized carbons (Fsp3) is 0.250. The summed E-state index contributed by atoms with van der Waals surface area (Å²) in [4.78, 5) is 0. The Balaban J connectivity index is 2.40. The maximum atomic E-state index is 14.0. The van der Waals surface area contributed by atoms with E-state index < -0.39 is 46.8 Å². The van der Waals surface area contributed by atoms with E-state index in [9.17, 15) is 31.4 Å². The molecule has 27 heavy (non-hydrogen) atoms. The molecule has 148 valence electrons. The van der Waals surface area contributed by atoms with E-state index >= 15 is 0 Å².